The van der Waals surface area contributed by atoms with E-state index in [1.54, 1.807) is 20.8 Å². The lowest BCUT2D eigenvalue weighted by Crippen LogP contribution is -2.55. The Hall–Kier alpha value is -2.30. The highest BCUT2D eigenvalue weighted by atomic mass is 32.2. The van der Waals surface area contributed by atoms with Crippen molar-refractivity contribution in [2.75, 3.05) is 13.6 Å². The number of nitrogens with one attached hydrogen (secondary N) is 4. The van der Waals surface area contributed by atoms with E-state index in [1.807, 2.05) is 27.7 Å². The van der Waals surface area contributed by atoms with E-state index in [-0.39, 0.29) is 29.4 Å². The number of hydrogen-bond acceptors (Lipinski definition) is 7. The minimum atomic E-state index is -0.960. The number of alkyl carbamates (subject to hydrolysis) is 1. The van der Waals surface area contributed by atoms with Gasteiger partial charge in [0.1, 0.15) is 22.9 Å². The van der Waals surface area contributed by atoms with E-state index in [9.17, 15) is 24.0 Å². The van der Waals surface area contributed by atoms with E-state index in [1.165, 1.54) is 14.0 Å². The van der Waals surface area contributed by atoms with E-state index < -0.39 is 40.8 Å². The van der Waals surface area contributed by atoms with Crippen LogP contribution >= 0.6 is 11.8 Å². The van der Waals surface area contributed by atoms with Gasteiger partial charge in [0.2, 0.25) is 17.7 Å². The molecule has 0 saturated heterocycles. The van der Waals surface area contributed by atoms with Crippen LogP contribution in [0.25, 0.3) is 0 Å². The number of likely N-dealkylation sites (N-methyl/N-ethyl adjacent to an activating group) is 1. The predicted octanol–water partition coefficient (Wildman–Crippen LogP) is 1.97. The summed E-state index contributed by atoms with van der Waals surface area (Å²) in [6, 6.07) is -1.65. The molecule has 3 atom stereocenters. The summed E-state index contributed by atoms with van der Waals surface area (Å²) < 4.78 is 5.18. The van der Waals surface area contributed by atoms with Gasteiger partial charge in [-0.1, -0.05) is 39.5 Å². The number of carbonyl (C=O) groups is 5. The van der Waals surface area contributed by atoms with Crippen molar-refractivity contribution in [1.82, 2.24) is 21.3 Å². The van der Waals surface area contributed by atoms with Gasteiger partial charge in [-0.3, -0.25) is 19.2 Å². The molecule has 0 aliphatic carbocycles. The fraction of sp³-hybridized carbons (Fsp3) is 0.783. The van der Waals surface area contributed by atoms with Gasteiger partial charge in [-0.05, 0) is 45.4 Å². The lowest BCUT2D eigenvalue weighted by Gasteiger charge is -2.26. The molecule has 0 aliphatic heterocycles. The Labute approximate surface area is 207 Å². The third kappa shape index (κ3) is 14.1. The topological polar surface area (TPSA) is 143 Å². The van der Waals surface area contributed by atoms with Gasteiger partial charge in [0, 0.05) is 20.5 Å². The maximum Gasteiger partial charge on any atom is 0.407 e. The second-order valence-corrected chi connectivity index (χ2v) is 11.4. The SMILES string of the molecule is CNC(=O)[C@H](CC(C)C)NC(=O)[C@H](CC(C)C)NC(=O)C(CNC(=O)OC(C)(C)C)SC(C)=O. The molecule has 1 unspecified atom stereocenters. The van der Waals surface area contributed by atoms with Crippen LogP contribution in [-0.2, 0) is 23.9 Å². The monoisotopic (exact) mass is 502 g/mol. The Kier molecular flexibility index (Phi) is 13.8. The average Bonchev–Trinajstić information content (AvgIpc) is 2.66. The van der Waals surface area contributed by atoms with Crippen LogP contribution in [0.4, 0.5) is 4.79 Å². The van der Waals surface area contributed by atoms with E-state index >= 15 is 0 Å². The molecule has 0 heterocycles. The Morgan fingerprint density at radius 2 is 1.29 bits per heavy atom. The zero-order valence-electron chi connectivity index (χ0n) is 21.9. The molecule has 0 aromatic heterocycles. The summed E-state index contributed by atoms with van der Waals surface area (Å²) >= 11 is 0.754. The molecule has 0 bridgehead atoms. The molecule has 0 aromatic rings. The number of rotatable bonds is 12. The largest absolute Gasteiger partial charge is 0.444 e. The molecule has 11 heteroatoms. The fourth-order valence-corrected chi connectivity index (χ4v) is 3.74. The van der Waals surface area contributed by atoms with Crippen molar-refractivity contribution in [2.24, 2.45) is 11.8 Å². The molecule has 0 aliphatic rings. The van der Waals surface area contributed by atoms with Gasteiger partial charge in [0.05, 0.1) is 0 Å². The maximum absolute atomic E-state index is 13.0. The fourth-order valence-electron chi connectivity index (χ4n) is 3.00. The van der Waals surface area contributed by atoms with Crippen LogP contribution in [0.1, 0.15) is 68.2 Å². The van der Waals surface area contributed by atoms with Gasteiger partial charge >= 0.3 is 6.09 Å². The van der Waals surface area contributed by atoms with Crippen LogP contribution in [-0.4, -0.2) is 65.5 Å². The number of ether oxygens (including phenoxy) is 1. The number of thioether (sulfide) groups is 1. The van der Waals surface area contributed by atoms with E-state index in [2.05, 4.69) is 21.3 Å². The summed E-state index contributed by atoms with van der Waals surface area (Å²) in [4.78, 5) is 61.9. The summed E-state index contributed by atoms with van der Waals surface area (Å²) in [5, 5.41) is 9.20. The molecule has 4 amide bonds. The van der Waals surface area contributed by atoms with E-state index in [4.69, 9.17) is 4.74 Å². The first-order valence-electron chi connectivity index (χ1n) is 11.5. The second-order valence-electron chi connectivity index (χ2n) is 9.98. The molecule has 196 valence electrons. The molecule has 0 fully saturated rings. The minimum absolute atomic E-state index is 0.0680. The first kappa shape index (κ1) is 31.7. The van der Waals surface area contributed by atoms with Gasteiger partial charge in [-0.25, -0.2) is 4.79 Å². The quantitative estimate of drug-likeness (QED) is 0.319. The Bertz CT molecular complexity index is 721. The summed E-state index contributed by atoms with van der Waals surface area (Å²) in [6.07, 6.45) is 0.0561. The van der Waals surface area contributed by atoms with Gasteiger partial charge in [-0.2, -0.15) is 0 Å². The smallest absolute Gasteiger partial charge is 0.407 e. The molecule has 34 heavy (non-hydrogen) atoms. The summed E-state index contributed by atoms with van der Waals surface area (Å²) in [5.41, 5.74) is -0.715. The summed E-state index contributed by atoms with van der Waals surface area (Å²) in [7, 11) is 1.50. The standard InChI is InChI=1S/C23H42N4O6S/c1-13(2)10-16(19(29)24-9)26-20(30)17(11-14(3)4)27-21(31)18(34-15(5)28)12-25-22(32)33-23(6,7)8/h13-14,16-18H,10-12H2,1-9H3,(H,24,29)(H,25,32)(H,26,30)(H,27,31)/t16-,17-,18?/m0/s1. The Balaban J connectivity index is 5.47. The second kappa shape index (κ2) is 14.9. The van der Waals surface area contributed by atoms with Gasteiger partial charge in [0.25, 0.3) is 0 Å². The molecule has 0 rings (SSSR count). The van der Waals surface area contributed by atoms with E-state index in [0.29, 0.717) is 12.8 Å². The number of amides is 4. The van der Waals surface area contributed by atoms with Gasteiger partial charge in [0.15, 0.2) is 5.12 Å². The molecular formula is C23H42N4O6S. The molecule has 0 saturated carbocycles. The number of hydrogen-bond donors (Lipinski definition) is 4. The van der Waals surface area contributed by atoms with Crippen molar-refractivity contribution in [3.63, 3.8) is 0 Å². The highest BCUT2D eigenvalue weighted by molar-refractivity contribution is 8.14. The molecule has 0 radical (unpaired) electrons. The Morgan fingerprint density at radius 1 is 0.824 bits per heavy atom. The minimum Gasteiger partial charge on any atom is -0.444 e. The Morgan fingerprint density at radius 3 is 1.71 bits per heavy atom. The lowest BCUT2D eigenvalue weighted by atomic mass is 10.00. The third-order valence-electron chi connectivity index (χ3n) is 4.36. The van der Waals surface area contributed by atoms with Crippen molar-refractivity contribution in [1.29, 1.82) is 0 Å². The predicted molar refractivity (Wildman–Crippen MR) is 133 cm³/mol. The molecule has 10 nitrogen and oxygen atoms in total. The normalized spacial score (nSPS) is 14.1. The van der Waals surface area contributed by atoms with E-state index in [0.717, 1.165) is 11.8 Å². The van der Waals surface area contributed by atoms with Crippen molar-refractivity contribution in [3.05, 3.63) is 0 Å². The molecule has 4 N–H and O–H groups in total. The van der Waals surface area contributed by atoms with Gasteiger partial charge < -0.3 is 26.0 Å². The van der Waals surface area contributed by atoms with Crippen molar-refractivity contribution < 1.29 is 28.7 Å². The van der Waals surface area contributed by atoms with Crippen LogP contribution in [0, 0.1) is 11.8 Å². The molecule has 0 spiro atoms. The zero-order valence-corrected chi connectivity index (χ0v) is 22.7. The van der Waals surface area contributed by atoms with Crippen LogP contribution < -0.4 is 21.3 Å². The molecule has 0 aromatic carbocycles. The van der Waals surface area contributed by atoms with Crippen molar-refractivity contribution in [2.45, 2.75) is 91.2 Å². The third-order valence-corrected chi connectivity index (χ3v) is 5.36. The zero-order chi connectivity index (χ0) is 26.6. The van der Waals surface area contributed by atoms with Crippen LogP contribution in [0.15, 0.2) is 0 Å². The summed E-state index contributed by atoms with van der Waals surface area (Å²) in [5.74, 6) is -1.14. The average molecular weight is 503 g/mol. The first-order chi connectivity index (χ1) is 15.5. The number of carbonyl (C=O) groups excluding carboxylic acids is 5. The summed E-state index contributed by atoms with van der Waals surface area (Å²) in [6.45, 7) is 14.0. The maximum atomic E-state index is 13.0. The van der Waals surface area contributed by atoms with Crippen LogP contribution in [0.3, 0.4) is 0 Å². The highest BCUT2D eigenvalue weighted by Gasteiger charge is 2.31. The van der Waals surface area contributed by atoms with Gasteiger partial charge in [-0.15, -0.1) is 0 Å². The molecular weight excluding hydrogens is 460 g/mol. The van der Waals surface area contributed by atoms with Crippen molar-refractivity contribution in [3.8, 4) is 0 Å². The lowest BCUT2D eigenvalue weighted by molar-refractivity contribution is -0.132. The van der Waals surface area contributed by atoms with Crippen LogP contribution in [0.2, 0.25) is 0 Å². The highest BCUT2D eigenvalue weighted by Crippen LogP contribution is 2.15. The van der Waals surface area contributed by atoms with Crippen LogP contribution in [0.5, 0.6) is 0 Å². The first-order valence-corrected chi connectivity index (χ1v) is 12.4. The van der Waals surface area contributed by atoms with Crippen molar-refractivity contribution >= 4 is 40.7 Å².